The van der Waals surface area contributed by atoms with Crippen molar-refractivity contribution in [2.24, 2.45) is 34.5 Å². The van der Waals surface area contributed by atoms with Gasteiger partial charge in [-0.2, -0.15) is 0 Å². The van der Waals surface area contributed by atoms with E-state index in [1.165, 1.54) is 63.4 Å². The Kier molecular flexibility index (Phi) is 6.78. The molecule has 156 valence electrons. The molecule has 0 bridgehead atoms. The largest absolute Gasteiger partial charge is 0.0996 e. The van der Waals surface area contributed by atoms with Gasteiger partial charge < -0.3 is 0 Å². The molecule has 2 saturated carbocycles. The molecule has 28 heavy (non-hydrogen) atoms. The van der Waals surface area contributed by atoms with Crippen molar-refractivity contribution in [1.29, 1.82) is 0 Å². The standard InChI is InChI=1S/C28H44/c1-21-11-9-12-23(22(21)2)15-16-24-13-10-20-28(6)25(17-18-26(24)28)14-7-8-19-27(3,4)5/h7-8,13,15-16,22-23,25-26H,1,9-12,14,17-20H2,2-6H3/b8-7+,16-15-. The molecule has 0 N–H and O–H groups in total. The van der Waals surface area contributed by atoms with Gasteiger partial charge in [0.1, 0.15) is 0 Å². The highest BCUT2D eigenvalue weighted by molar-refractivity contribution is 5.30. The van der Waals surface area contributed by atoms with Crippen LogP contribution in [0.2, 0.25) is 0 Å². The molecule has 5 atom stereocenters. The molecule has 0 aromatic rings. The van der Waals surface area contributed by atoms with Crippen molar-refractivity contribution in [1.82, 2.24) is 0 Å². The summed E-state index contributed by atoms with van der Waals surface area (Å²) in [4.78, 5) is 0. The molecule has 3 rings (SSSR count). The topological polar surface area (TPSA) is 0 Å². The molecule has 0 aromatic carbocycles. The van der Waals surface area contributed by atoms with E-state index >= 15 is 0 Å². The molecule has 0 heterocycles. The lowest BCUT2D eigenvalue weighted by molar-refractivity contribution is 0.158. The van der Waals surface area contributed by atoms with Crippen LogP contribution in [0.25, 0.3) is 0 Å². The molecule has 0 heteroatoms. The maximum absolute atomic E-state index is 4.31. The van der Waals surface area contributed by atoms with Gasteiger partial charge in [-0.3, -0.25) is 0 Å². The minimum Gasteiger partial charge on any atom is -0.0996 e. The third kappa shape index (κ3) is 4.92. The summed E-state index contributed by atoms with van der Waals surface area (Å²) in [6, 6.07) is 0. The summed E-state index contributed by atoms with van der Waals surface area (Å²) in [6.45, 7) is 16.3. The van der Waals surface area contributed by atoms with Crippen molar-refractivity contribution in [3.63, 3.8) is 0 Å². The second-order valence-corrected chi connectivity index (χ2v) is 11.4. The van der Waals surface area contributed by atoms with Crippen LogP contribution in [-0.2, 0) is 0 Å². The normalized spacial score (nSPS) is 36.9. The van der Waals surface area contributed by atoms with Gasteiger partial charge in [-0.25, -0.2) is 0 Å². The smallest absolute Gasteiger partial charge is 0.0108 e. The number of hydrogen-bond acceptors (Lipinski definition) is 0. The van der Waals surface area contributed by atoms with Gasteiger partial charge in [-0.05, 0) is 97.9 Å². The van der Waals surface area contributed by atoms with Gasteiger partial charge >= 0.3 is 0 Å². The Labute approximate surface area is 175 Å². The van der Waals surface area contributed by atoms with Crippen molar-refractivity contribution in [3.8, 4) is 0 Å². The molecule has 0 aliphatic heterocycles. The highest BCUT2D eigenvalue weighted by atomic mass is 14.5. The Morgan fingerprint density at radius 1 is 1.18 bits per heavy atom. The first-order valence-electron chi connectivity index (χ1n) is 11.9. The molecule has 0 spiro atoms. The van der Waals surface area contributed by atoms with Gasteiger partial charge in [0.15, 0.2) is 0 Å². The van der Waals surface area contributed by atoms with E-state index in [0.29, 0.717) is 22.7 Å². The Hall–Kier alpha value is -1.04. The fourth-order valence-corrected chi connectivity index (χ4v) is 6.04. The molecule has 0 saturated heterocycles. The van der Waals surface area contributed by atoms with Crippen LogP contribution in [0.3, 0.4) is 0 Å². The summed E-state index contributed by atoms with van der Waals surface area (Å²) in [5.74, 6) is 3.00. The fourth-order valence-electron chi connectivity index (χ4n) is 6.04. The van der Waals surface area contributed by atoms with Crippen LogP contribution >= 0.6 is 0 Å². The van der Waals surface area contributed by atoms with Crippen LogP contribution < -0.4 is 0 Å². The number of rotatable bonds is 5. The van der Waals surface area contributed by atoms with E-state index in [2.05, 4.69) is 71.6 Å². The average Bonchev–Trinajstić information content (AvgIpc) is 2.96. The summed E-state index contributed by atoms with van der Waals surface area (Å²) in [5, 5.41) is 0. The number of hydrogen-bond donors (Lipinski definition) is 0. The van der Waals surface area contributed by atoms with Gasteiger partial charge in [-0.15, -0.1) is 0 Å². The number of allylic oxidation sites excluding steroid dienone is 7. The zero-order valence-electron chi connectivity index (χ0n) is 19.3. The lowest BCUT2D eigenvalue weighted by Gasteiger charge is -2.40. The molecule has 0 aromatic heterocycles. The highest BCUT2D eigenvalue weighted by Gasteiger charge is 2.47. The predicted molar refractivity (Wildman–Crippen MR) is 124 cm³/mol. The molecule has 3 aliphatic carbocycles. The number of fused-ring (bicyclic) bond motifs is 1. The van der Waals surface area contributed by atoms with Crippen molar-refractivity contribution in [3.05, 3.63) is 48.1 Å². The summed E-state index contributed by atoms with van der Waals surface area (Å²) in [7, 11) is 0. The molecular formula is C28H44. The minimum absolute atomic E-state index is 0.408. The molecule has 0 nitrogen and oxygen atoms in total. The van der Waals surface area contributed by atoms with E-state index in [9.17, 15) is 0 Å². The SMILES string of the molecule is C=C1CCCC(/C=C\C2=CCCC3(C)C(C/C=C/CC(C)(C)C)CCC23)C1C. The van der Waals surface area contributed by atoms with Crippen LogP contribution in [0.4, 0.5) is 0 Å². The Bertz CT molecular complexity index is 637. The monoisotopic (exact) mass is 380 g/mol. The highest BCUT2D eigenvalue weighted by Crippen LogP contribution is 2.57. The Balaban J connectivity index is 1.63. The third-order valence-corrected chi connectivity index (χ3v) is 8.17. The van der Waals surface area contributed by atoms with E-state index in [0.717, 1.165) is 11.8 Å². The van der Waals surface area contributed by atoms with Crippen LogP contribution in [0.15, 0.2) is 48.1 Å². The zero-order chi connectivity index (χ0) is 20.4. The van der Waals surface area contributed by atoms with Crippen molar-refractivity contribution in [2.45, 2.75) is 92.4 Å². The van der Waals surface area contributed by atoms with Crippen LogP contribution in [-0.4, -0.2) is 0 Å². The maximum Gasteiger partial charge on any atom is -0.0108 e. The van der Waals surface area contributed by atoms with Crippen molar-refractivity contribution in [2.75, 3.05) is 0 Å². The van der Waals surface area contributed by atoms with Gasteiger partial charge in [-0.1, -0.05) is 77.2 Å². The van der Waals surface area contributed by atoms with Gasteiger partial charge in [0.25, 0.3) is 0 Å². The van der Waals surface area contributed by atoms with Gasteiger partial charge in [0.2, 0.25) is 0 Å². The summed E-state index contributed by atoms with van der Waals surface area (Å²) >= 11 is 0. The molecule has 2 fully saturated rings. The fraction of sp³-hybridized carbons (Fsp3) is 0.714. The van der Waals surface area contributed by atoms with E-state index in [-0.39, 0.29) is 0 Å². The Morgan fingerprint density at radius 2 is 1.96 bits per heavy atom. The van der Waals surface area contributed by atoms with Crippen LogP contribution in [0, 0.1) is 34.5 Å². The molecular weight excluding hydrogens is 336 g/mol. The summed E-state index contributed by atoms with van der Waals surface area (Å²) in [5.41, 5.74) is 4.03. The first kappa shape index (κ1) is 21.7. The average molecular weight is 381 g/mol. The maximum atomic E-state index is 4.31. The van der Waals surface area contributed by atoms with Crippen molar-refractivity contribution >= 4 is 0 Å². The third-order valence-electron chi connectivity index (χ3n) is 8.17. The van der Waals surface area contributed by atoms with Gasteiger partial charge in [0.05, 0.1) is 0 Å². The molecule has 0 radical (unpaired) electrons. The second-order valence-electron chi connectivity index (χ2n) is 11.4. The first-order chi connectivity index (χ1) is 13.2. The van der Waals surface area contributed by atoms with E-state index in [1.54, 1.807) is 5.57 Å². The van der Waals surface area contributed by atoms with E-state index in [1.807, 2.05) is 0 Å². The minimum atomic E-state index is 0.408. The van der Waals surface area contributed by atoms with Crippen molar-refractivity contribution < 1.29 is 0 Å². The predicted octanol–water partition coefficient (Wildman–Crippen LogP) is 8.67. The summed E-state index contributed by atoms with van der Waals surface area (Å²) < 4.78 is 0. The molecule has 0 amide bonds. The summed E-state index contributed by atoms with van der Waals surface area (Å²) in [6.07, 6.45) is 24.4. The molecule has 5 unspecified atom stereocenters. The van der Waals surface area contributed by atoms with Crippen LogP contribution in [0.1, 0.15) is 92.4 Å². The van der Waals surface area contributed by atoms with Crippen LogP contribution in [0.5, 0.6) is 0 Å². The Morgan fingerprint density at radius 3 is 2.71 bits per heavy atom. The lowest BCUT2D eigenvalue weighted by atomic mass is 9.64. The second kappa shape index (κ2) is 8.76. The quantitative estimate of drug-likeness (QED) is 0.418. The van der Waals surface area contributed by atoms with E-state index in [4.69, 9.17) is 0 Å². The lowest BCUT2D eigenvalue weighted by Crippen LogP contribution is -2.31. The van der Waals surface area contributed by atoms with E-state index < -0.39 is 0 Å². The zero-order valence-corrected chi connectivity index (χ0v) is 19.3. The molecule has 3 aliphatic rings. The van der Waals surface area contributed by atoms with Gasteiger partial charge in [0, 0.05) is 0 Å². The first-order valence-corrected chi connectivity index (χ1v) is 11.9.